The van der Waals surface area contributed by atoms with Gasteiger partial charge in [0.05, 0.1) is 14.2 Å². The van der Waals surface area contributed by atoms with Gasteiger partial charge in [-0.15, -0.1) is 0 Å². The predicted octanol–water partition coefficient (Wildman–Crippen LogP) is 2.99. The van der Waals surface area contributed by atoms with E-state index in [1.165, 1.54) is 6.07 Å². The Bertz CT molecular complexity index is 600. The van der Waals surface area contributed by atoms with Crippen LogP contribution in [-0.4, -0.2) is 25.4 Å². The number of aromatic nitrogens is 1. The van der Waals surface area contributed by atoms with Gasteiger partial charge in [0, 0.05) is 17.8 Å². The summed E-state index contributed by atoms with van der Waals surface area (Å²) in [6.07, 6.45) is 1.57. The highest BCUT2D eigenvalue weighted by Crippen LogP contribution is 2.23. The van der Waals surface area contributed by atoms with Crippen molar-refractivity contribution >= 4 is 12.0 Å². The molecule has 0 aliphatic carbocycles. The van der Waals surface area contributed by atoms with Gasteiger partial charge >= 0.3 is 0 Å². The predicted molar refractivity (Wildman–Crippen MR) is 71.0 cm³/mol. The van der Waals surface area contributed by atoms with Crippen molar-refractivity contribution in [2.75, 3.05) is 14.2 Å². The molecule has 19 heavy (non-hydrogen) atoms. The summed E-state index contributed by atoms with van der Waals surface area (Å²) in [5.41, 5.74) is 0.759. The molecule has 1 aromatic carbocycles. The zero-order valence-corrected chi connectivity index (χ0v) is 10.6. The van der Waals surface area contributed by atoms with Gasteiger partial charge in [-0.25, -0.2) is 9.98 Å². The maximum Gasteiger partial charge on any atom is 0.214 e. The van der Waals surface area contributed by atoms with Gasteiger partial charge in [0.1, 0.15) is 11.5 Å². The second-order valence-corrected chi connectivity index (χ2v) is 3.68. The average molecular weight is 260 g/mol. The second kappa shape index (κ2) is 5.95. The van der Waals surface area contributed by atoms with Crippen LogP contribution in [0.15, 0.2) is 41.4 Å². The molecular formula is C14H13FN2O2. The van der Waals surface area contributed by atoms with Gasteiger partial charge < -0.3 is 9.47 Å². The van der Waals surface area contributed by atoms with Gasteiger partial charge in [0.2, 0.25) is 5.95 Å². The minimum atomic E-state index is -0.559. The molecule has 1 aromatic heterocycles. The number of hydrogen-bond acceptors (Lipinski definition) is 4. The fraction of sp³-hybridized carbons (Fsp3) is 0.143. The Morgan fingerprint density at radius 2 is 2.00 bits per heavy atom. The van der Waals surface area contributed by atoms with Crippen molar-refractivity contribution in [2.24, 2.45) is 4.99 Å². The van der Waals surface area contributed by atoms with Gasteiger partial charge in [0.15, 0.2) is 5.82 Å². The summed E-state index contributed by atoms with van der Waals surface area (Å²) < 4.78 is 23.2. The highest BCUT2D eigenvalue weighted by Gasteiger charge is 2.02. The first-order valence-corrected chi connectivity index (χ1v) is 5.61. The Morgan fingerprint density at radius 3 is 2.68 bits per heavy atom. The van der Waals surface area contributed by atoms with Crippen LogP contribution < -0.4 is 9.47 Å². The molecule has 0 bridgehead atoms. The largest absolute Gasteiger partial charge is 0.497 e. The molecule has 0 radical (unpaired) electrons. The van der Waals surface area contributed by atoms with Crippen molar-refractivity contribution < 1.29 is 13.9 Å². The molecule has 0 N–H and O–H groups in total. The number of nitrogens with zero attached hydrogens (tertiary/aromatic N) is 2. The summed E-state index contributed by atoms with van der Waals surface area (Å²) >= 11 is 0. The normalized spacial score (nSPS) is 10.7. The third-order valence-electron chi connectivity index (χ3n) is 2.48. The maximum absolute atomic E-state index is 12.9. The molecular weight excluding hydrogens is 247 g/mol. The van der Waals surface area contributed by atoms with Crippen molar-refractivity contribution in [1.82, 2.24) is 4.98 Å². The fourth-order valence-electron chi connectivity index (χ4n) is 1.53. The number of rotatable bonds is 4. The first kappa shape index (κ1) is 13.0. The number of hydrogen-bond donors (Lipinski definition) is 0. The van der Waals surface area contributed by atoms with E-state index >= 15 is 0 Å². The summed E-state index contributed by atoms with van der Waals surface area (Å²) in [4.78, 5) is 7.75. The van der Waals surface area contributed by atoms with Crippen LogP contribution in [0.1, 0.15) is 5.56 Å². The van der Waals surface area contributed by atoms with Crippen molar-refractivity contribution in [3.63, 3.8) is 0 Å². The standard InChI is InChI=1S/C14H13FN2O2/c1-18-11-7-6-10(12(8-11)19-2)9-16-14-5-3-4-13(15)17-14/h3-9H,1-2H3/b16-9+. The maximum atomic E-state index is 12.9. The molecule has 0 saturated carbocycles. The quantitative estimate of drug-likeness (QED) is 0.627. The van der Waals surface area contributed by atoms with E-state index in [0.29, 0.717) is 17.3 Å². The zero-order valence-electron chi connectivity index (χ0n) is 10.6. The molecule has 5 heteroatoms. The lowest BCUT2D eigenvalue weighted by molar-refractivity contribution is 0.394. The topological polar surface area (TPSA) is 43.7 Å². The molecule has 0 unspecified atom stereocenters. The number of pyridine rings is 1. The first-order valence-electron chi connectivity index (χ1n) is 5.61. The van der Waals surface area contributed by atoms with Crippen LogP contribution >= 0.6 is 0 Å². The van der Waals surface area contributed by atoms with E-state index in [1.807, 2.05) is 0 Å². The van der Waals surface area contributed by atoms with Crippen molar-refractivity contribution in [2.45, 2.75) is 0 Å². The molecule has 98 valence electrons. The van der Waals surface area contributed by atoms with E-state index < -0.39 is 5.95 Å². The van der Waals surface area contributed by atoms with Crippen LogP contribution in [0.2, 0.25) is 0 Å². The lowest BCUT2D eigenvalue weighted by Gasteiger charge is -2.06. The molecule has 2 rings (SSSR count). The highest BCUT2D eigenvalue weighted by atomic mass is 19.1. The van der Waals surface area contributed by atoms with Gasteiger partial charge in [-0.1, -0.05) is 6.07 Å². The van der Waals surface area contributed by atoms with Crippen LogP contribution in [0.4, 0.5) is 10.2 Å². The SMILES string of the molecule is COc1ccc(/C=N/c2cccc(F)n2)c(OC)c1. The molecule has 0 amide bonds. The van der Waals surface area contributed by atoms with E-state index in [1.54, 1.807) is 50.8 Å². The Kier molecular flexibility index (Phi) is 4.07. The Morgan fingerprint density at radius 1 is 1.16 bits per heavy atom. The van der Waals surface area contributed by atoms with E-state index in [9.17, 15) is 4.39 Å². The number of ether oxygens (including phenoxy) is 2. The minimum Gasteiger partial charge on any atom is -0.497 e. The summed E-state index contributed by atoms with van der Waals surface area (Å²) in [5.74, 6) is 1.06. The second-order valence-electron chi connectivity index (χ2n) is 3.68. The Balaban J connectivity index is 2.27. The van der Waals surface area contributed by atoms with Crippen LogP contribution in [0.5, 0.6) is 11.5 Å². The number of aliphatic imine (C=N–C) groups is 1. The van der Waals surface area contributed by atoms with Crippen LogP contribution in [0.25, 0.3) is 0 Å². The third kappa shape index (κ3) is 3.28. The number of benzene rings is 1. The highest BCUT2D eigenvalue weighted by molar-refractivity contribution is 5.85. The smallest absolute Gasteiger partial charge is 0.214 e. The van der Waals surface area contributed by atoms with Crippen molar-refractivity contribution in [1.29, 1.82) is 0 Å². The van der Waals surface area contributed by atoms with E-state index in [0.717, 1.165) is 5.56 Å². The lowest BCUT2D eigenvalue weighted by Crippen LogP contribution is -1.92. The van der Waals surface area contributed by atoms with Crippen LogP contribution in [-0.2, 0) is 0 Å². The monoisotopic (exact) mass is 260 g/mol. The average Bonchev–Trinajstić information content (AvgIpc) is 2.45. The van der Waals surface area contributed by atoms with Gasteiger partial charge in [-0.2, -0.15) is 4.39 Å². The molecule has 0 atom stereocenters. The Hall–Kier alpha value is -2.43. The van der Waals surface area contributed by atoms with Crippen LogP contribution in [0.3, 0.4) is 0 Å². The molecule has 0 aliphatic rings. The van der Waals surface area contributed by atoms with E-state index in [2.05, 4.69) is 9.98 Å². The Labute approximate surface area is 110 Å². The van der Waals surface area contributed by atoms with E-state index in [4.69, 9.17) is 9.47 Å². The van der Waals surface area contributed by atoms with Gasteiger partial charge in [-0.3, -0.25) is 0 Å². The van der Waals surface area contributed by atoms with Crippen molar-refractivity contribution in [3.8, 4) is 11.5 Å². The summed E-state index contributed by atoms with van der Waals surface area (Å²) in [6, 6.07) is 9.80. The summed E-state index contributed by atoms with van der Waals surface area (Å²) in [6.45, 7) is 0. The molecule has 0 aliphatic heterocycles. The van der Waals surface area contributed by atoms with E-state index in [-0.39, 0.29) is 0 Å². The number of methoxy groups -OCH3 is 2. The fourth-order valence-corrected chi connectivity index (χ4v) is 1.53. The zero-order chi connectivity index (χ0) is 13.7. The van der Waals surface area contributed by atoms with Gasteiger partial charge in [0.25, 0.3) is 0 Å². The first-order chi connectivity index (χ1) is 9.22. The molecule has 0 spiro atoms. The third-order valence-corrected chi connectivity index (χ3v) is 2.48. The van der Waals surface area contributed by atoms with Crippen molar-refractivity contribution in [3.05, 3.63) is 47.9 Å². The molecule has 4 nitrogen and oxygen atoms in total. The molecule has 0 saturated heterocycles. The van der Waals surface area contributed by atoms with Crippen LogP contribution in [0, 0.1) is 5.95 Å². The summed E-state index contributed by atoms with van der Waals surface area (Å²) in [5, 5.41) is 0. The summed E-state index contributed by atoms with van der Waals surface area (Å²) in [7, 11) is 3.14. The molecule has 0 fully saturated rings. The number of halogens is 1. The molecule has 1 heterocycles. The minimum absolute atomic E-state index is 0.304. The lowest BCUT2D eigenvalue weighted by atomic mass is 10.2. The molecule has 2 aromatic rings. The van der Waals surface area contributed by atoms with Gasteiger partial charge in [-0.05, 0) is 24.3 Å².